The van der Waals surface area contributed by atoms with Gasteiger partial charge in [-0.1, -0.05) is 35.3 Å². The van der Waals surface area contributed by atoms with Crippen LogP contribution in [0.25, 0.3) is 10.9 Å². The predicted molar refractivity (Wildman–Crippen MR) is 105 cm³/mol. The molecule has 0 atom stereocenters. The molecule has 0 aliphatic carbocycles. The fraction of sp³-hybridized carbons (Fsp3) is 0.211. The summed E-state index contributed by atoms with van der Waals surface area (Å²) in [6, 6.07) is 13.4. The molecule has 2 aromatic carbocycles. The molecule has 3 aromatic rings. The molecule has 0 amide bonds. The number of aromatic nitrogens is 2. The average molecular weight is 384 g/mol. The Hall–Kier alpha value is -2.55. The average Bonchev–Trinajstić information content (AvgIpc) is 2.67. The van der Waals surface area contributed by atoms with Gasteiger partial charge >= 0.3 is 0 Å². The van der Waals surface area contributed by atoms with Gasteiger partial charge in [0.2, 0.25) is 0 Å². The van der Waals surface area contributed by atoms with Crippen molar-refractivity contribution in [3.63, 3.8) is 0 Å². The Labute approximate surface area is 161 Å². The summed E-state index contributed by atoms with van der Waals surface area (Å²) in [5, 5.41) is 19.6. The number of hydrogen-bond acceptors (Lipinski definition) is 5. The smallest absolute Gasteiger partial charge is 0.114 e. The maximum absolute atomic E-state index is 9.14. The van der Waals surface area contributed by atoms with E-state index in [1.54, 1.807) is 12.3 Å². The lowest BCUT2D eigenvalue weighted by Crippen LogP contribution is -2.46. The van der Waals surface area contributed by atoms with Crippen molar-refractivity contribution in [3.8, 4) is 6.07 Å². The first kappa shape index (κ1) is 16.9. The fourth-order valence-electron chi connectivity index (χ4n) is 3.31. The van der Waals surface area contributed by atoms with Gasteiger partial charge in [0.25, 0.3) is 0 Å². The molecule has 1 aliphatic heterocycles. The van der Waals surface area contributed by atoms with Gasteiger partial charge in [0.15, 0.2) is 0 Å². The molecule has 2 heterocycles. The first-order valence-corrected chi connectivity index (χ1v) is 9.02. The van der Waals surface area contributed by atoms with E-state index in [-0.39, 0.29) is 0 Å². The molecular formula is C19H15Cl2N5. The largest absolute Gasteiger partial charge is 0.368 e. The second-order valence-corrected chi connectivity index (χ2v) is 6.99. The Morgan fingerprint density at radius 1 is 1.00 bits per heavy atom. The zero-order valence-electron chi connectivity index (χ0n) is 13.9. The molecule has 0 radical (unpaired) electrons. The van der Waals surface area contributed by atoms with E-state index in [1.807, 2.05) is 30.3 Å². The number of piperazine rings is 1. The SMILES string of the molecule is N#Cc1cc(Cl)cc(N2CCN(c3cnnc4c(Cl)cccc34)CC2)c1. The van der Waals surface area contributed by atoms with Crippen LogP contribution in [0.2, 0.25) is 10.0 Å². The van der Waals surface area contributed by atoms with Crippen LogP contribution in [0, 0.1) is 11.3 Å². The highest BCUT2D eigenvalue weighted by Gasteiger charge is 2.20. The van der Waals surface area contributed by atoms with Gasteiger partial charge in [-0.3, -0.25) is 0 Å². The lowest BCUT2D eigenvalue weighted by atomic mass is 10.1. The molecule has 0 bridgehead atoms. The molecule has 1 aromatic heterocycles. The Morgan fingerprint density at radius 3 is 2.54 bits per heavy atom. The van der Waals surface area contributed by atoms with E-state index in [0.717, 1.165) is 48.5 Å². The van der Waals surface area contributed by atoms with E-state index >= 15 is 0 Å². The van der Waals surface area contributed by atoms with Crippen molar-refractivity contribution in [2.45, 2.75) is 0 Å². The van der Waals surface area contributed by atoms with E-state index in [1.165, 1.54) is 0 Å². The van der Waals surface area contributed by atoms with Gasteiger partial charge < -0.3 is 9.80 Å². The zero-order valence-corrected chi connectivity index (χ0v) is 15.4. The third-order valence-electron chi connectivity index (χ3n) is 4.60. The Morgan fingerprint density at radius 2 is 1.77 bits per heavy atom. The summed E-state index contributed by atoms with van der Waals surface area (Å²) in [6.45, 7) is 3.33. The molecule has 4 rings (SSSR count). The molecule has 0 N–H and O–H groups in total. The molecule has 0 unspecified atom stereocenters. The number of hydrogen-bond donors (Lipinski definition) is 0. The Kier molecular flexibility index (Phi) is 4.54. The maximum Gasteiger partial charge on any atom is 0.114 e. The number of nitrogens with zero attached hydrogens (tertiary/aromatic N) is 5. The first-order valence-electron chi connectivity index (χ1n) is 8.26. The third kappa shape index (κ3) is 3.14. The minimum absolute atomic E-state index is 0.578. The van der Waals surface area contributed by atoms with Crippen molar-refractivity contribution in [2.24, 2.45) is 0 Å². The first-order chi connectivity index (χ1) is 12.7. The molecule has 5 nitrogen and oxygen atoms in total. The van der Waals surface area contributed by atoms with E-state index in [9.17, 15) is 0 Å². The summed E-state index contributed by atoms with van der Waals surface area (Å²) in [6.07, 6.45) is 1.79. The molecule has 1 saturated heterocycles. The number of rotatable bonds is 2. The van der Waals surface area contributed by atoms with E-state index < -0.39 is 0 Å². The standard InChI is InChI=1S/C19H15Cl2N5/c20-14-8-13(11-22)9-15(10-14)25-4-6-26(7-5-25)18-12-23-24-19-16(18)2-1-3-17(19)21/h1-3,8-10,12H,4-7H2. The summed E-state index contributed by atoms with van der Waals surface area (Å²) < 4.78 is 0. The van der Waals surface area contributed by atoms with Crippen LogP contribution in [0.15, 0.2) is 42.6 Å². The molecule has 0 spiro atoms. The van der Waals surface area contributed by atoms with Gasteiger partial charge in [-0.2, -0.15) is 10.4 Å². The van der Waals surface area contributed by atoms with Crippen LogP contribution in [-0.4, -0.2) is 36.4 Å². The second-order valence-electron chi connectivity index (χ2n) is 6.15. The molecule has 1 fully saturated rings. The zero-order chi connectivity index (χ0) is 18.1. The Balaban J connectivity index is 1.57. The number of benzene rings is 2. The van der Waals surface area contributed by atoms with Crippen molar-refractivity contribution >= 4 is 45.5 Å². The molecule has 1 aliphatic rings. The number of anilines is 2. The lowest BCUT2D eigenvalue weighted by molar-refractivity contribution is 0.653. The topological polar surface area (TPSA) is 56.1 Å². The molecule has 0 saturated carbocycles. The van der Waals surface area contributed by atoms with E-state index in [0.29, 0.717) is 15.6 Å². The van der Waals surface area contributed by atoms with Crippen molar-refractivity contribution < 1.29 is 0 Å². The van der Waals surface area contributed by atoms with Gasteiger partial charge in [0, 0.05) is 42.3 Å². The highest BCUT2D eigenvalue weighted by atomic mass is 35.5. The maximum atomic E-state index is 9.14. The summed E-state index contributed by atoms with van der Waals surface area (Å²) in [5.74, 6) is 0. The van der Waals surface area contributed by atoms with Gasteiger partial charge in [0.05, 0.1) is 28.5 Å². The van der Waals surface area contributed by atoms with Crippen LogP contribution in [0.4, 0.5) is 11.4 Å². The van der Waals surface area contributed by atoms with Crippen LogP contribution >= 0.6 is 23.2 Å². The second kappa shape index (κ2) is 6.99. The predicted octanol–water partition coefficient (Wildman–Crippen LogP) is 4.13. The van der Waals surface area contributed by atoms with Gasteiger partial charge in [0.1, 0.15) is 5.52 Å². The molecule has 7 heteroatoms. The normalized spacial score (nSPS) is 14.5. The highest BCUT2D eigenvalue weighted by molar-refractivity contribution is 6.35. The summed E-state index contributed by atoms with van der Waals surface area (Å²) >= 11 is 12.4. The summed E-state index contributed by atoms with van der Waals surface area (Å²) in [4.78, 5) is 4.53. The fourth-order valence-corrected chi connectivity index (χ4v) is 3.75. The molecule has 26 heavy (non-hydrogen) atoms. The van der Waals surface area contributed by atoms with Crippen molar-refractivity contribution in [1.29, 1.82) is 5.26 Å². The molecular weight excluding hydrogens is 369 g/mol. The van der Waals surface area contributed by atoms with Crippen LogP contribution in [0.3, 0.4) is 0 Å². The van der Waals surface area contributed by atoms with Crippen molar-refractivity contribution in [1.82, 2.24) is 10.2 Å². The van der Waals surface area contributed by atoms with Crippen molar-refractivity contribution in [3.05, 3.63) is 58.2 Å². The van der Waals surface area contributed by atoms with E-state index in [4.69, 9.17) is 28.5 Å². The quantitative estimate of drug-likeness (QED) is 0.665. The minimum atomic E-state index is 0.578. The monoisotopic (exact) mass is 383 g/mol. The van der Waals surface area contributed by atoms with Gasteiger partial charge in [-0.25, -0.2) is 0 Å². The third-order valence-corrected chi connectivity index (χ3v) is 5.12. The molecule has 130 valence electrons. The summed E-state index contributed by atoms with van der Waals surface area (Å²) in [5.41, 5.74) is 3.33. The van der Waals surface area contributed by atoms with Crippen LogP contribution in [-0.2, 0) is 0 Å². The van der Waals surface area contributed by atoms with E-state index in [2.05, 4.69) is 26.1 Å². The van der Waals surface area contributed by atoms with Gasteiger partial charge in [-0.15, -0.1) is 5.10 Å². The number of nitriles is 1. The van der Waals surface area contributed by atoms with Crippen LogP contribution in [0.1, 0.15) is 5.56 Å². The van der Waals surface area contributed by atoms with Crippen LogP contribution < -0.4 is 9.80 Å². The summed E-state index contributed by atoms with van der Waals surface area (Å²) in [7, 11) is 0. The Bertz CT molecular complexity index is 1010. The van der Waals surface area contributed by atoms with Crippen molar-refractivity contribution in [2.75, 3.05) is 36.0 Å². The number of fused-ring (bicyclic) bond motifs is 1. The van der Waals surface area contributed by atoms with Gasteiger partial charge in [-0.05, 0) is 24.3 Å². The minimum Gasteiger partial charge on any atom is -0.368 e. The lowest BCUT2D eigenvalue weighted by Gasteiger charge is -2.37. The van der Waals surface area contributed by atoms with Crippen LogP contribution in [0.5, 0.6) is 0 Å². The highest BCUT2D eigenvalue weighted by Crippen LogP contribution is 2.30. The number of halogens is 2.